The molecule has 0 unspecified atom stereocenters. The molecular formula is C17H13N5O2S. The normalized spacial score (nSPS) is 10.9. The van der Waals surface area contributed by atoms with Crippen LogP contribution in [0.5, 0.6) is 0 Å². The van der Waals surface area contributed by atoms with E-state index in [1.54, 1.807) is 24.7 Å². The number of hydrogen-bond donors (Lipinski definition) is 2. The zero-order valence-corrected chi connectivity index (χ0v) is 13.8. The molecule has 25 heavy (non-hydrogen) atoms. The molecule has 4 rings (SSSR count). The molecule has 0 aliphatic carbocycles. The number of hydrogen-bond acceptors (Lipinski definition) is 6. The van der Waals surface area contributed by atoms with E-state index in [1.165, 1.54) is 18.0 Å². The molecule has 1 amide bonds. The number of benzene rings is 1. The summed E-state index contributed by atoms with van der Waals surface area (Å²) in [4.78, 5) is 21.0. The van der Waals surface area contributed by atoms with Gasteiger partial charge >= 0.3 is 0 Å². The Kier molecular flexibility index (Phi) is 4.17. The molecule has 7 nitrogen and oxygen atoms in total. The van der Waals surface area contributed by atoms with Crippen molar-refractivity contribution in [3.05, 3.63) is 66.4 Å². The van der Waals surface area contributed by atoms with Crippen LogP contribution in [0.2, 0.25) is 0 Å². The summed E-state index contributed by atoms with van der Waals surface area (Å²) in [5.41, 5.74) is 2.06. The van der Waals surface area contributed by atoms with Crippen LogP contribution < -0.4 is 5.32 Å². The lowest BCUT2D eigenvalue weighted by Gasteiger charge is -2.03. The Morgan fingerprint density at radius 1 is 1.20 bits per heavy atom. The molecule has 0 bridgehead atoms. The fourth-order valence-electron chi connectivity index (χ4n) is 2.43. The van der Waals surface area contributed by atoms with Crippen molar-refractivity contribution in [2.24, 2.45) is 0 Å². The first-order valence-electron chi connectivity index (χ1n) is 7.51. The van der Waals surface area contributed by atoms with Crippen molar-refractivity contribution in [1.29, 1.82) is 0 Å². The van der Waals surface area contributed by atoms with Gasteiger partial charge in [0, 0.05) is 35.3 Å². The summed E-state index contributed by atoms with van der Waals surface area (Å²) >= 11 is 1.45. The summed E-state index contributed by atoms with van der Waals surface area (Å²) < 4.78 is 5.80. The van der Waals surface area contributed by atoms with Gasteiger partial charge in [-0.3, -0.25) is 9.89 Å². The van der Waals surface area contributed by atoms with Gasteiger partial charge in [0.15, 0.2) is 10.9 Å². The predicted octanol–water partition coefficient (Wildman–Crippen LogP) is 3.49. The summed E-state index contributed by atoms with van der Waals surface area (Å²) in [7, 11) is 0. The van der Waals surface area contributed by atoms with Gasteiger partial charge in [-0.15, -0.1) is 0 Å². The number of carbonyl (C=O) groups is 1. The van der Waals surface area contributed by atoms with Gasteiger partial charge in [-0.1, -0.05) is 30.0 Å². The Hall–Kier alpha value is -3.13. The number of H-pyrrole nitrogens is 1. The smallest absolute Gasteiger partial charge is 0.291 e. The minimum Gasteiger partial charge on any atom is -0.451 e. The Labute approximate surface area is 146 Å². The highest BCUT2D eigenvalue weighted by atomic mass is 32.2. The molecule has 3 aromatic heterocycles. The third-order valence-electron chi connectivity index (χ3n) is 3.55. The molecule has 0 radical (unpaired) electrons. The van der Waals surface area contributed by atoms with Gasteiger partial charge in [-0.25, -0.2) is 9.97 Å². The molecule has 0 aliphatic heterocycles. The quantitative estimate of drug-likeness (QED) is 0.422. The van der Waals surface area contributed by atoms with Crippen molar-refractivity contribution in [3.63, 3.8) is 0 Å². The van der Waals surface area contributed by atoms with E-state index in [0.29, 0.717) is 22.2 Å². The fourth-order valence-corrected chi connectivity index (χ4v) is 3.26. The topological polar surface area (TPSA) is 96.7 Å². The number of para-hydroxylation sites is 1. The number of nitrogens with one attached hydrogen (secondary N) is 2. The van der Waals surface area contributed by atoms with Crippen LogP contribution >= 0.6 is 11.8 Å². The van der Waals surface area contributed by atoms with Crippen molar-refractivity contribution in [2.45, 2.75) is 10.9 Å². The maximum absolute atomic E-state index is 12.6. The van der Waals surface area contributed by atoms with E-state index in [-0.39, 0.29) is 11.7 Å². The van der Waals surface area contributed by atoms with Gasteiger partial charge in [0.25, 0.3) is 5.91 Å². The predicted molar refractivity (Wildman–Crippen MR) is 94.3 cm³/mol. The summed E-state index contributed by atoms with van der Waals surface area (Å²) in [6, 6.07) is 9.34. The monoisotopic (exact) mass is 351 g/mol. The average Bonchev–Trinajstić information content (AvgIpc) is 3.28. The molecule has 8 heteroatoms. The minimum absolute atomic E-state index is 0.283. The highest BCUT2D eigenvalue weighted by molar-refractivity contribution is 7.98. The highest BCUT2D eigenvalue weighted by Gasteiger charge is 2.21. The summed E-state index contributed by atoms with van der Waals surface area (Å²) in [6.45, 7) is 0. The Balaban J connectivity index is 1.66. The number of aromatic nitrogens is 4. The van der Waals surface area contributed by atoms with Crippen LogP contribution in [-0.2, 0) is 5.75 Å². The summed E-state index contributed by atoms with van der Waals surface area (Å²) in [6.07, 6.45) is 6.52. The number of amides is 1. The van der Waals surface area contributed by atoms with Crippen molar-refractivity contribution in [1.82, 2.24) is 20.2 Å². The number of carbonyl (C=O) groups excluding carboxylic acids is 1. The van der Waals surface area contributed by atoms with E-state index in [1.807, 2.05) is 24.3 Å². The number of fused-ring (bicyclic) bond motifs is 1. The van der Waals surface area contributed by atoms with Crippen molar-refractivity contribution in [3.8, 4) is 0 Å². The molecule has 4 aromatic rings. The Morgan fingerprint density at radius 3 is 2.84 bits per heavy atom. The Bertz CT molecular complexity index is 999. The second kappa shape index (κ2) is 6.78. The number of aromatic amines is 1. The van der Waals surface area contributed by atoms with Gasteiger partial charge < -0.3 is 9.73 Å². The molecule has 1 aromatic carbocycles. The van der Waals surface area contributed by atoms with Gasteiger partial charge in [0.05, 0.1) is 11.9 Å². The SMILES string of the molecule is O=C(Nc1cn[nH]c1)c1oc2ccccc2c1CSc1ncccn1. The lowest BCUT2D eigenvalue weighted by molar-refractivity contribution is 0.0998. The number of nitrogens with zero attached hydrogens (tertiary/aromatic N) is 3. The molecule has 0 saturated heterocycles. The van der Waals surface area contributed by atoms with Gasteiger partial charge in [-0.05, 0) is 12.1 Å². The maximum atomic E-state index is 12.6. The molecule has 0 atom stereocenters. The molecule has 0 spiro atoms. The molecule has 0 saturated carbocycles. The average molecular weight is 351 g/mol. The highest BCUT2D eigenvalue weighted by Crippen LogP contribution is 2.31. The standard InChI is InChI=1S/C17H13N5O2S/c23-16(22-11-8-20-21-9-11)15-13(10-25-17-18-6-3-7-19-17)12-4-1-2-5-14(12)24-15/h1-9H,10H2,(H,20,21)(H,22,23). The first-order valence-corrected chi connectivity index (χ1v) is 8.50. The zero-order chi connectivity index (χ0) is 17.1. The van der Waals surface area contributed by atoms with Crippen LogP contribution in [0.3, 0.4) is 0 Å². The number of thioether (sulfide) groups is 1. The summed E-state index contributed by atoms with van der Waals surface area (Å²) in [5.74, 6) is 0.489. The second-order valence-electron chi connectivity index (χ2n) is 5.17. The van der Waals surface area contributed by atoms with Crippen LogP contribution in [0, 0.1) is 0 Å². The van der Waals surface area contributed by atoms with Gasteiger partial charge in [-0.2, -0.15) is 5.10 Å². The van der Waals surface area contributed by atoms with Gasteiger partial charge in [0.1, 0.15) is 5.58 Å². The molecule has 2 N–H and O–H groups in total. The lowest BCUT2D eigenvalue weighted by Crippen LogP contribution is -2.12. The van der Waals surface area contributed by atoms with E-state index < -0.39 is 0 Å². The molecule has 0 fully saturated rings. The molecule has 124 valence electrons. The van der Waals surface area contributed by atoms with Crippen LogP contribution in [0.15, 0.2) is 64.7 Å². The first kappa shape index (κ1) is 15.4. The molecular weight excluding hydrogens is 338 g/mol. The second-order valence-corrected chi connectivity index (χ2v) is 6.11. The Morgan fingerprint density at radius 2 is 2.04 bits per heavy atom. The lowest BCUT2D eigenvalue weighted by atomic mass is 10.1. The van der Waals surface area contributed by atoms with E-state index in [4.69, 9.17) is 4.42 Å². The van der Waals surface area contributed by atoms with Crippen LogP contribution in [-0.4, -0.2) is 26.1 Å². The van der Waals surface area contributed by atoms with E-state index in [9.17, 15) is 4.79 Å². The van der Waals surface area contributed by atoms with E-state index in [0.717, 1.165) is 10.9 Å². The van der Waals surface area contributed by atoms with E-state index >= 15 is 0 Å². The van der Waals surface area contributed by atoms with Crippen molar-refractivity contribution in [2.75, 3.05) is 5.32 Å². The molecule has 3 heterocycles. The number of anilines is 1. The number of rotatable bonds is 5. The van der Waals surface area contributed by atoms with E-state index in [2.05, 4.69) is 25.5 Å². The largest absolute Gasteiger partial charge is 0.451 e. The number of furan rings is 1. The maximum Gasteiger partial charge on any atom is 0.291 e. The minimum atomic E-state index is -0.317. The van der Waals surface area contributed by atoms with Gasteiger partial charge in [0.2, 0.25) is 0 Å². The van der Waals surface area contributed by atoms with Crippen LogP contribution in [0.1, 0.15) is 16.1 Å². The van der Waals surface area contributed by atoms with Crippen molar-refractivity contribution < 1.29 is 9.21 Å². The first-order chi connectivity index (χ1) is 12.3. The van der Waals surface area contributed by atoms with Crippen LogP contribution in [0.4, 0.5) is 5.69 Å². The third-order valence-corrected chi connectivity index (χ3v) is 4.45. The van der Waals surface area contributed by atoms with Crippen LogP contribution in [0.25, 0.3) is 11.0 Å². The fraction of sp³-hybridized carbons (Fsp3) is 0.0588. The molecule has 0 aliphatic rings. The van der Waals surface area contributed by atoms with Crippen molar-refractivity contribution >= 4 is 34.3 Å². The third kappa shape index (κ3) is 3.24. The summed E-state index contributed by atoms with van der Waals surface area (Å²) in [5, 5.41) is 10.8. The zero-order valence-electron chi connectivity index (χ0n) is 13.0.